The van der Waals surface area contributed by atoms with Gasteiger partial charge in [0, 0.05) is 0 Å². The minimum absolute atomic E-state index is 0.0148. The maximum absolute atomic E-state index is 13.7. The summed E-state index contributed by atoms with van der Waals surface area (Å²) < 4.78 is 13.7. The molecule has 0 unspecified atom stereocenters. The van der Waals surface area contributed by atoms with Crippen LogP contribution in [-0.4, -0.2) is 11.1 Å². The normalized spacial score (nSPS) is 10.2. The van der Waals surface area contributed by atoms with Crippen LogP contribution in [0.1, 0.15) is 15.9 Å². The number of rotatable bonds is 3. The second-order valence-corrected chi connectivity index (χ2v) is 4.13. The van der Waals surface area contributed by atoms with Crippen LogP contribution in [0.3, 0.4) is 0 Å². The highest BCUT2D eigenvalue weighted by atomic mass is 19.1. The van der Waals surface area contributed by atoms with Crippen LogP contribution in [0.15, 0.2) is 36.4 Å². The van der Waals surface area contributed by atoms with Crippen LogP contribution in [0.25, 0.3) is 0 Å². The molecule has 0 heterocycles. The summed E-state index contributed by atoms with van der Waals surface area (Å²) >= 11 is 0. The van der Waals surface area contributed by atoms with Gasteiger partial charge in [-0.05, 0) is 30.7 Å². The third-order valence-electron chi connectivity index (χ3n) is 2.82. The summed E-state index contributed by atoms with van der Waals surface area (Å²) in [6.07, 6.45) is 0. The number of nitrogen functional groups attached to an aromatic ring is 1. The van der Waals surface area contributed by atoms with Gasteiger partial charge in [0.1, 0.15) is 5.82 Å². The van der Waals surface area contributed by atoms with E-state index in [1.165, 1.54) is 12.1 Å². The van der Waals surface area contributed by atoms with Crippen molar-refractivity contribution in [2.75, 3.05) is 11.1 Å². The van der Waals surface area contributed by atoms with Crippen molar-refractivity contribution < 1.29 is 14.3 Å². The second kappa shape index (κ2) is 4.97. The highest BCUT2D eigenvalue weighted by molar-refractivity contribution is 5.97. The van der Waals surface area contributed by atoms with Gasteiger partial charge in [0.2, 0.25) is 0 Å². The molecule has 0 aliphatic carbocycles. The zero-order valence-electron chi connectivity index (χ0n) is 10.3. The van der Waals surface area contributed by atoms with E-state index in [4.69, 9.17) is 10.8 Å². The molecule has 0 aromatic heterocycles. The van der Waals surface area contributed by atoms with Crippen LogP contribution in [0, 0.1) is 12.7 Å². The molecule has 0 atom stereocenters. The molecule has 98 valence electrons. The lowest BCUT2D eigenvalue weighted by Crippen LogP contribution is -2.06. The lowest BCUT2D eigenvalue weighted by Gasteiger charge is -2.13. The van der Waals surface area contributed by atoms with E-state index in [1.807, 2.05) is 0 Å². The zero-order chi connectivity index (χ0) is 14.0. The van der Waals surface area contributed by atoms with Crippen LogP contribution < -0.4 is 11.1 Å². The van der Waals surface area contributed by atoms with Crippen molar-refractivity contribution in [2.45, 2.75) is 6.92 Å². The molecule has 0 saturated heterocycles. The van der Waals surface area contributed by atoms with Crippen LogP contribution in [-0.2, 0) is 0 Å². The topological polar surface area (TPSA) is 75.3 Å². The van der Waals surface area contributed by atoms with E-state index in [-0.39, 0.29) is 16.9 Å². The summed E-state index contributed by atoms with van der Waals surface area (Å²) in [6, 6.07) is 9.24. The van der Waals surface area contributed by atoms with Crippen molar-refractivity contribution in [1.29, 1.82) is 0 Å². The van der Waals surface area contributed by atoms with E-state index >= 15 is 0 Å². The molecule has 0 fully saturated rings. The fourth-order valence-electron chi connectivity index (χ4n) is 1.79. The number of benzene rings is 2. The average molecular weight is 260 g/mol. The molecule has 2 aromatic carbocycles. The molecule has 19 heavy (non-hydrogen) atoms. The van der Waals surface area contributed by atoms with Crippen molar-refractivity contribution >= 4 is 23.0 Å². The van der Waals surface area contributed by atoms with Gasteiger partial charge in [-0.3, -0.25) is 0 Å². The Morgan fingerprint density at radius 1 is 1.26 bits per heavy atom. The molecule has 5 heteroatoms. The number of halogens is 1. The summed E-state index contributed by atoms with van der Waals surface area (Å²) in [5.41, 5.74) is 7.20. The molecule has 0 bridgehead atoms. The van der Waals surface area contributed by atoms with Crippen LogP contribution in [0.4, 0.5) is 21.5 Å². The van der Waals surface area contributed by atoms with Gasteiger partial charge in [-0.1, -0.05) is 18.2 Å². The smallest absolute Gasteiger partial charge is 0.337 e. The highest BCUT2D eigenvalue weighted by Crippen LogP contribution is 2.29. The third kappa shape index (κ3) is 2.49. The lowest BCUT2D eigenvalue weighted by atomic mass is 10.1. The van der Waals surface area contributed by atoms with E-state index in [1.54, 1.807) is 31.2 Å². The Balaban J connectivity index is 2.45. The maximum atomic E-state index is 13.7. The van der Waals surface area contributed by atoms with Gasteiger partial charge in [0.25, 0.3) is 0 Å². The van der Waals surface area contributed by atoms with Crippen molar-refractivity contribution in [1.82, 2.24) is 0 Å². The summed E-state index contributed by atoms with van der Waals surface area (Å²) in [6.45, 7) is 1.75. The minimum atomic E-state index is -1.12. The summed E-state index contributed by atoms with van der Waals surface area (Å²) in [5.74, 6) is -1.54. The monoisotopic (exact) mass is 260 g/mol. The lowest BCUT2D eigenvalue weighted by molar-refractivity contribution is 0.0698. The largest absolute Gasteiger partial charge is 0.478 e. The Hall–Kier alpha value is -2.56. The first-order valence-electron chi connectivity index (χ1n) is 5.64. The van der Waals surface area contributed by atoms with Crippen molar-refractivity contribution in [3.8, 4) is 0 Å². The predicted molar refractivity (Wildman–Crippen MR) is 72.2 cm³/mol. The molecule has 0 saturated carbocycles. The highest BCUT2D eigenvalue weighted by Gasteiger charge is 2.13. The number of nitrogens with one attached hydrogen (secondary N) is 1. The molecule has 4 N–H and O–H groups in total. The number of aryl methyl sites for hydroxylation is 1. The standard InChI is InChI=1S/C14H13FN2O2/c1-8-4-2-6-10(15)13(8)17-11-7-3-5-9(12(11)16)14(18)19/h2-7,17H,16H2,1H3,(H,18,19). The summed E-state index contributed by atoms with van der Waals surface area (Å²) in [4.78, 5) is 11.0. The fourth-order valence-corrected chi connectivity index (χ4v) is 1.79. The van der Waals surface area contributed by atoms with Crippen LogP contribution >= 0.6 is 0 Å². The van der Waals surface area contributed by atoms with Crippen molar-refractivity contribution in [2.24, 2.45) is 0 Å². The van der Waals surface area contributed by atoms with Crippen molar-refractivity contribution in [3.63, 3.8) is 0 Å². The van der Waals surface area contributed by atoms with E-state index < -0.39 is 11.8 Å². The number of carboxylic acids is 1. The zero-order valence-corrected chi connectivity index (χ0v) is 10.3. The Bertz CT molecular complexity index is 621. The first-order valence-corrected chi connectivity index (χ1v) is 5.64. The second-order valence-electron chi connectivity index (χ2n) is 4.13. The molecule has 0 aliphatic heterocycles. The number of para-hydroxylation sites is 2. The van der Waals surface area contributed by atoms with E-state index in [0.29, 0.717) is 11.3 Å². The molecule has 0 aliphatic rings. The average Bonchev–Trinajstić information content (AvgIpc) is 2.35. The van der Waals surface area contributed by atoms with Gasteiger partial charge >= 0.3 is 5.97 Å². The van der Waals surface area contributed by atoms with Gasteiger partial charge in [-0.2, -0.15) is 0 Å². The fraction of sp³-hybridized carbons (Fsp3) is 0.0714. The first kappa shape index (κ1) is 12.9. The van der Waals surface area contributed by atoms with E-state index in [0.717, 1.165) is 0 Å². The number of hydrogen-bond donors (Lipinski definition) is 3. The van der Waals surface area contributed by atoms with Crippen LogP contribution in [0.5, 0.6) is 0 Å². The van der Waals surface area contributed by atoms with Gasteiger partial charge in [-0.15, -0.1) is 0 Å². The Morgan fingerprint density at radius 2 is 1.95 bits per heavy atom. The number of aromatic carboxylic acids is 1. The Kier molecular flexibility index (Phi) is 3.37. The number of anilines is 3. The molecule has 2 rings (SSSR count). The van der Waals surface area contributed by atoms with Gasteiger partial charge in [0.15, 0.2) is 0 Å². The Labute approximate surface area is 109 Å². The molecule has 4 nitrogen and oxygen atoms in total. The minimum Gasteiger partial charge on any atom is -0.478 e. The van der Waals surface area contributed by atoms with Crippen LogP contribution in [0.2, 0.25) is 0 Å². The Morgan fingerprint density at radius 3 is 2.58 bits per heavy atom. The maximum Gasteiger partial charge on any atom is 0.337 e. The summed E-state index contributed by atoms with van der Waals surface area (Å²) in [7, 11) is 0. The SMILES string of the molecule is Cc1cccc(F)c1Nc1cccc(C(=O)O)c1N. The molecular formula is C14H13FN2O2. The first-order chi connectivity index (χ1) is 9.00. The molecule has 0 radical (unpaired) electrons. The van der Waals surface area contributed by atoms with Gasteiger partial charge in [-0.25, -0.2) is 9.18 Å². The van der Waals surface area contributed by atoms with Gasteiger partial charge in [0.05, 0.1) is 22.6 Å². The molecular weight excluding hydrogens is 247 g/mol. The number of nitrogens with two attached hydrogens (primary N) is 1. The summed E-state index contributed by atoms with van der Waals surface area (Å²) in [5, 5.41) is 11.8. The molecule has 0 amide bonds. The molecule has 2 aromatic rings. The predicted octanol–water partition coefficient (Wildman–Crippen LogP) is 3.16. The number of hydrogen-bond acceptors (Lipinski definition) is 3. The number of carbonyl (C=O) groups is 1. The van der Waals surface area contributed by atoms with Crippen molar-refractivity contribution in [3.05, 3.63) is 53.3 Å². The molecule has 0 spiro atoms. The van der Waals surface area contributed by atoms with E-state index in [9.17, 15) is 9.18 Å². The van der Waals surface area contributed by atoms with E-state index in [2.05, 4.69) is 5.32 Å². The quantitative estimate of drug-likeness (QED) is 0.741. The third-order valence-corrected chi connectivity index (χ3v) is 2.82. The number of carboxylic acid groups (broad SMARTS) is 1. The van der Waals surface area contributed by atoms with Gasteiger partial charge < -0.3 is 16.2 Å².